The van der Waals surface area contributed by atoms with Gasteiger partial charge in [0.05, 0.1) is 0 Å². The van der Waals surface area contributed by atoms with E-state index in [1.165, 1.54) is 19.3 Å². The Hall–Kier alpha value is -0.520. The van der Waals surface area contributed by atoms with Crippen molar-refractivity contribution in [3.05, 3.63) is 24.3 Å². The molecule has 0 amide bonds. The van der Waals surface area contributed by atoms with Crippen molar-refractivity contribution in [1.29, 1.82) is 0 Å². The van der Waals surface area contributed by atoms with E-state index in [1.54, 1.807) is 5.57 Å². The molecule has 1 fully saturated rings. The minimum atomic E-state index is 1.08. The third-order valence-electron chi connectivity index (χ3n) is 1.32. The van der Waals surface area contributed by atoms with Gasteiger partial charge in [0.1, 0.15) is 0 Å². The van der Waals surface area contributed by atoms with Crippen LogP contribution >= 0.6 is 0 Å². The van der Waals surface area contributed by atoms with Gasteiger partial charge in [-0.3, -0.25) is 0 Å². The molecule has 58 valence electrons. The van der Waals surface area contributed by atoms with Crippen LogP contribution in [0.15, 0.2) is 24.3 Å². The van der Waals surface area contributed by atoms with Gasteiger partial charge in [-0.2, -0.15) is 0 Å². The van der Waals surface area contributed by atoms with Crippen molar-refractivity contribution in [2.75, 3.05) is 0 Å². The van der Waals surface area contributed by atoms with Gasteiger partial charge in [-0.15, -0.1) is 6.58 Å². The maximum absolute atomic E-state index is 3.48. The van der Waals surface area contributed by atoms with Crippen LogP contribution in [0.2, 0.25) is 0 Å². The van der Waals surface area contributed by atoms with E-state index in [2.05, 4.69) is 26.5 Å². The van der Waals surface area contributed by atoms with Crippen molar-refractivity contribution in [3.63, 3.8) is 0 Å². The van der Waals surface area contributed by atoms with Crippen LogP contribution in [0.25, 0.3) is 0 Å². The van der Waals surface area contributed by atoms with Gasteiger partial charge in [0.2, 0.25) is 0 Å². The predicted molar refractivity (Wildman–Crippen MR) is 48.1 cm³/mol. The molecular formula is C10H18. The molecule has 0 N–H and O–H groups in total. The SMILES string of the molecule is C=CCC.CCC=C1CC1. The van der Waals surface area contributed by atoms with E-state index < -0.39 is 0 Å². The summed E-state index contributed by atoms with van der Waals surface area (Å²) in [7, 11) is 0. The van der Waals surface area contributed by atoms with Crippen molar-refractivity contribution in [2.24, 2.45) is 0 Å². The summed E-state index contributed by atoms with van der Waals surface area (Å²) >= 11 is 0. The second-order valence-electron chi connectivity index (χ2n) is 2.47. The van der Waals surface area contributed by atoms with Gasteiger partial charge in [0, 0.05) is 0 Å². The van der Waals surface area contributed by atoms with E-state index in [0.29, 0.717) is 0 Å². The molecule has 0 aliphatic heterocycles. The molecule has 0 radical (unpaired) electrons. The highest BCUT2D eigenvalue weighted by Gasteiger charge is 2.07. The van der Waals surface area contributed by atoms with Gasteiger partial charge >= 0.3 is 0 Å². The van der Waals surface area contributed by atoms with Crippen LogP contribution in [0.5, 0.6) is 0 Å². The summed E-state index contributed by atoms with van der Waals surface area (Å²) in [5.74, 6) is 0. The van der Waals surface area contributed by atoms with Crippen LogP contribution < -0.4 is 0 Å². The molecule has 1 saturated carbocycles. The lowest BCUT2D eigenvalue weighted by molar-refractivity contribution is 1.21. The molecule has 0 aromatic heterocycles. The molecule has 0 aromatic rings. The molecular weight excluding hydrogens is 120 g/mol. The summed E-state index contributed by atoms with van der Waals surface area (Å²) in [6.45, 7) is 7.73. The largest absolute Gasteiger partial charge is 0.103 e. The Morgan fingerprint density at radius 1 is 1.30 bits per heavy atom. The normalized spacial score (nSPS) is 13.2. The van der Waals surface area contributed by atoms with Gasteiger partial charge < -0.3 is 0 Å². The summed E-state index contributed by atoms with van der Waals surface area (Å²) in [5, 5.41) is 0. The number of hydrogen-bond acceptors (Lipinski definition) is 0. The van der Waals surface area contributed by atoms with Crippen molar-refractivity contribution < 1.29 is 0 Å². The Bertz CT molecular complexity index is 103. The Morgan fingerprint density at radius 3 is 1.90 bits per heavy atom. The maximum atomic E-state index is 3.48. The van der Waals surface area contributed by atoms with E-state index in [-0.39, 0.29) is 0 Å². The molecule has 1 aliphatic rings. The fourth-order valence-electron chi connectivity index (χ4n) is 0.565. The van der Waals surface area contributed by atoms with Gasteiger partial charge in [-0.1, -0.05) is 31.6 Å². The van der Waals surface area contributed by atoms with Crippen molar-refractivity contribution in [1.82, 2.24) is 0 Å². The third kappa shape index (κ3) is 7.48. The average Bonchev–Trinajstić information content (AvgIpc) is 2.74. The highest BCUT2D eigenvalue weighted by Crippen LogP contribution is 2.27. The van der Waals surface area contributed by atoms with E-state index in [0.717, 1.165) is 6.42 Å². The first-order chi connectivity index (χ1) is 4.85. The second-order valence-corrected chi connectivity index (χ2v) is 2.47. The zero-order valence-corrected chi connectivity index (χ0v) is 7.19. The van der Waals surface area contributed by atoms with Crippen LogP contribution in [-0.4, -0.2) is 0 Å². The molecule has 0 bridgehead atoms. The van der Waals surface area contributed by atoms with E-state index >= 15 is 0 Å². The number of rotatable bonds is 2. The maximum Gasteiger partial charge on any atom is -0.0283 e. The fraction of sp³-hybridized carbons (Fsp3) is 0.600. The molecule has 0 nitrogen and oxygen atoms in total. The molecule has 0 saturated heterocycles. The predicted octanol–water partition coefficient (Wildman–Crippen LogP) is 3.70. The first kappa shape index (κ1) is 9.48. The lowest BCUT2D eigenvalue weighted by Crippen LogP contribution is -1.46. The molecule has 1 aliphatic carbocycles. The Morgan fingerprint density at radius 2 is 1.80 bits per heavy atom. The lowest BCUT2D eigenvalue weighted by atomic mass is 10.4. The monoisotopic (exact) mass is 138 g/mol. The summed E-state index contributed by atoms with van der Waals surface area (Å²) in [5.41, 5.74) is 1.66. The molecule has 0 spiro atoms. The Kier molecular flexibility index (Phi) is 6.25. The third-order valence-corrected chi connectivity index (χ3v) is 1.32. The average molecular weight is 138 g/mol. The summed E-state index contributed by atoms with van der Waals surface area (Å²) < 4.78 is 0. The Balaban J connectivity index is 0.000000180. The van der Waals surface area contributed by atoms with Crippen molar-refractivity contribution in [3.8, 4) is 0 Å². The molecule has 0 aromatic carbocycles. The Labute approximate surface area is 64.6 Å². The summed E-state index contributed by atoms with van der Waals surface area (Å²) in [6, 6.07) is 0. The van der Waals surface area contributed by atoms with Crippen molar-refractivity contribution >= 4 is 0 Å². The number of hydrogen-bond donors (Lipinski definition) is 0. The molecule has 1 rings (SSSR count). The van der Waals surface area contributed by atoms with Gasteiger partial charge in [-0.05, 0) is 25.7 Å². The molecule has 10 heavy (non-hydrogen) atoms. The van der Waals surface area contributed by atoms with Crippen LogP contribution in [-0.2, 0) is 0 Å². The smallest absolute Gasteiger partial charge is 0.0283 e. The van der Waals surface area contributed by atoms with Crippen LogP contribution in [0, 0.1) is 0 Å². The van der Waals surface area contributed by atoms with Gasteiger partial charge in [-0.25, -0.2) is 0 Å². The van der Waals surface area contributed by atoms with Crippen LogP contribution in [0.4, 0.5) is 0 Å². The highest BCUT2D eigenvalue weighted by molar-refractivity contribution is 5.15. The first-order valence-corrected chi connectivity index (χ1v) is 4.13. The summed E-state index contributed by atoms with van der Waals surface area (Å²) in [4.78, 5) is 0. The van der Waals surface area contributed by atoms with E-state index in [4.69, 9.17) is 0 Å². The van der Waals surface area contributed by atoms with Crippen LogP contribution in [0.1, 0.15) is 39.5 Å². The lowest BCUT2D eigenvalue weighted by Gasteiger charge is -1.67. The minimum absolute atomic E-state index is 1.08. The van der Waals surface area contributed by atoms with Gasteiger partial charge in [0.15, 0.2) is 0 Å². The molecule has 0 atom stereocenters. The zero-order valence-electron chi connectivity index (χ0n) is 7.19. The van der Waals surface area contributed by atoms with E-state index in [9.17, 15) is 0 Å². The van der Waals surface area contributed by atoms with Gasteiger partial charge in [0.25, 0.3) is 0 Å². The highest BCUT2D eigenvalue weighted by atomic mass is 14.1. The van der Waals surface area contributed by atoms with Crippen LogP contribution in [0.3, 0.4) is 0 Å². The second kappa shape index (κ2) is 6.60. The molecule has 0 heterocycles. The quantitative estimate of drug-likeness (QED) is 0.510. The number of allylic oxidation sites excluding steroid dienone is 3. The molecule has 0 heteroatoms. The molecule has 0 unspecified atom stereocenters. The van der Waals surface area contributed by atoms with Crippen molar-refractivity contribution in [2.45, 2.75) is 39.5 Å². The topological polar surface area (TPSA) is 0 Å². The zero-order chi connectivity index (χ0) is 7.82. The minimum Gasteiger partial charge on any atom is -0.103 e. The van der Waals surface area contributed by atoms with E-state index in [1.807, 2.05) is 6.08 Å². The summed E-state index contributed by atoms with van der Waals surface area (Å²) in [6.07, 6.45) is 9.27. The first-order valence-electron chi connectivity index (χ1n) is 4.13. The fourth-order valence-corrected chi connectivity index (χ4v) is 0.565. The standard InChI is InChI=1S/C6H10.C4H8/c1-2-3-6-4-5-6;1-3-4-2/h3H,2,4-5H2,1H3;3H,1,4H2,2H3.